The Labute approximate surface area is 98.5 Å². The fourth-order valence-corrected chi connectivity index (χ4v) is 1.45. The highest BCUT2D eigenvalue weighted by molar-refractivity contribution is 5.61. The number of nitrogens with zero attached hydrogens (tertiary/aromatic N) is 2. The van der Waals surface area contributed by atoms with Crippen LogP contribution in [0.1, 0.15) is 0 Å². The lowest BCUT2D eigenvalue weighted by Gasteiger charge is -2.05. The summed E-state index contributed by atoms with van der Waals surface area (Å²) in [5, 5.41) is 2.88. The van der Waals surface area contributed by atoms with E-state index in [1.54, 1.807) is 31.6 Å². The number of hydrogen-bond acceptors (Lipinski definition) is 4. The van der Waals surface area contributed by atoms with Gasteiger partial charge in [0.15, 0.2) is 11.6 Å². The Balaban J connectivity index is 2.42. The fourth-order valence-electron chi connectivity index (χ4n) is 1.45. The number of ether oxygens (including phenoxy) is 1. The summed E-state index contributed by atoms with van der Waals surface area (Å²) in [6.07, 6.45) is 3.19. The highest BCUT2D eigenvalue weighted by atomic mass is 19.1. The van der Waals surface area contributed by atoms with Crippen molar-refractivity contribution in [2.75, 3.05) is 19.5 Å². The minimum Gasteiger partial charge on any atom is -0.494 e. The summed E-state index contributed by atoms with van der Waals surface area (Å²) in [6, 6.07) is 4.69. The molecule has 5 heteroatoms. The first-order chi connectivity index (χ1) is 8.24. The zero-order chi connectivity index (χ0) is 12.3. The van der Waals surface area contributed by atoms with Gasteiger partial charge in [-0.1, -0.05) is 0 Å². The molecule has 0 bridgehead atoms. The van der Waals surface area contributed by atoms with Gasteiger partial charge < -0.3 is 10.1 Å². The normalized spacial score (nSPS) is 10.1. The number of benzene rings is 1. The second-order valence-corrected chi connectivity index (χ2v) is 3.39. The zero-order valence-corrected chi connectivity index (χ0v) is 9.57. The quantitative estimate of drug-likeness (QED) is 0.883. The molecule has 0 atom stereocenters. The molecule has 0 amide bonds. The number of halogens is 1. The molecule has 4 nitrogen and oxygen atoms in total. The largest absolute Gasteiger partial charge is 0.494 e. The molecule has 1 heterocycles. The first-order valence-corrected chi connectivity index (χ1v) is 5.08. The highest BCUT2D eigenvalue weighted by Crippen LogP contribution is 2.24. The second kappa shape index (κ2) is 4.78. The molecular weight excluding hydrogens is 221 g/mol. The van der Waals surface area contributed by atoms with E-state index >= 15 is 0 Å². The molecule has 1 aromatic heterocycles. The third kappa shape index (κ3) is 2.33. The molecule has 0 spiro atoms. The molecule has 2 aromatic rings. The number of rotatable bonds is 3. The second-order valence-electron chi connectivity index (χ2n) is 3.39. The monoisotopic (exact) mass is 233 g/mol. The Bertz CT molecular complexity index is 531. The Kier molecular flexibility index (Phi) is 3.18. The smallest absolute Gasteiger partial charge is 0.165 e. The highest BCUT2D eigenvalue weighted by Gasteiger charge is 2.06. The number of methoxy groups -OCH3 is 1. The van der Waals surface area contributed by atoms with E-state index in [0.29, 0.717) is 17.1 Å². The summed E-state index contributed by atoms with van der Waals surface area (Å²) in [4.78, 5) is 8.30. The van der Waals surface area contributed by atoms with Crippen LogP contribution in [0.3, 0.4) is 0 Å². The predicted molar refractivity (Wildman–Crippen MR) is 63.5 cm³/mol. The number of nitrogens with one attached hydrogen (secondary N) is 1. The van der Waals surface area contributed by atoms with Crippen LogP contribution in [0.2, 0.25) is 0 Å². The molecule has 0 saturated heterocycles. The summed E-state index contributed by atoms with van der Waals surface area (Å²) in [6.45, 7) is 0. The molecule has 2 rings (SSSR count). The molecule has 1 N–H and O–H groups in total. The van der Waals surface area contributed by atoms with E-state index in [1.165, 1.54) is 13.2 Å². The average molecular weight is 233 g/mol. The van der Waals surface area contributed by atoms with Crippen molar-refractivity contribution in [3.05, 3.63) is 36.4 Å². The van der Waals surface area contributed by atoms with Gasteiger partial charge in [0, 0.05) is 12.6 Å². The summed E-state index contributed by atoms with van der Waals surface area (Å²) in [7, 11) is 3.18. The molecule has 0 aliphatic carbocycles. The van der Waals surface area contributed by atoms with E-state index in [9.17, 15) is 4.39 Å². The fraction of sp³-hybridized carbons (Fsp3) is 0.167. The summed E-state index contributed by atoms with van der Waals surface area (Å²) in [5.41, 5.74) is 1.27. The van der Waals surface area contributed by atoms with Crippen molar-refractivity contribution < 1.29 is 9.13 Å². The van der Waals surface area contributed by atoms with Gasteiger partial charge in [-0.15, -0.1) is 0 Å². The van der Waals surface area contributed by atoms with Crippen LogP contribution in [0.25, 0.3) is 11.3 Å². The van der Waals surface area contributed by atoms with Crippen LogP contribution < -0.4 is 10.1 Å². The first kappa shape index (κ1) is 11.3. The van der Waals surface area contributed by atoms with Crippen molar-refractivity contribution >= 4 is 5.82 Å². The Morgan fingerprint density at radius 2 is 2.12 bits per heavy atom. The van der Waals surface area contributed by atoms with Crippen LogP contribution in [-0.2, 0) is 0 Å². The molecular formula is C12H12FN3O. The molecule has 0 unspecified atom stereocenters. The van der Waals surface area contributed by atoms with Gasteiger partial charge in [-0.2, -0.15) is 0 Å². The maximum absolute atomic E-state index is 13.5. The molecule has 0 fully saturated rings. The van der Waals surface area contributed by atoms with Crippen molar-refractivity contribution in [2.24, 2.45) is 0 Å². The van der Waals surface area contributed by atoms with E-state index in [1.807, 2.05) is 0 Å². The number of anilines is 1. The van der Waals surface area contributed by atoms with Gasteiger partial charge in [0.25, 0.3) is 0 Å². The van der Waals surface area contributed by atoms with E-state index in [-0.39, 0.29) is 5.75 Å². The van der Waals surface area contributed by atoms with Gasteiger partial charge in [-0.05, 0) is 18.2 Å². The number of aromatic nitrogens is 2. The molecule has 0 aliphatic rings. The zero-order valence-electron chi connectivity index (χ0n) is 9.57. The van der Waals surface area contributed by atoms with Crippen molar-refractivity contribution in [3.63, 3.8) is 0 Å². The lowest BCUT2D eigenvalue weighted by atomic mass is 10.1. The summed E-state index contributed by atoms with van der Waals surface area (Å²) in [5.74, 6) is 0.437. The average Bonchev–Trinajstić information content (AvgIpc) is 2.38. The predicted octanol–water partition coefficient (Wildman–Crippen LogP) is 2.33. The van der Waals surface area contributed by atoms with Crippen LogP contribution in [0.4, 0.5) is 10.2 Å². The molecule has 88 valence electrons. The third-order valence-electron chi connectivity index (χ3n) is 2.34. The summed E-state index contributed by atoms with van der Waals surface area (Å²) >= 11 is 0. The molecule has 0 aliphatic heterocycles. The lowest BCUT2D eigenvalue weighted by Crippen LogP contribution is -1.95. The van der Waals surface area contributed by atoms with Crippen LogP contribution >= 0.6 is 0 Å². The molecule has 1 aromatic carbocycles. The number of hydrogen-bond donors (Lipinski definition) is 1. The van der Waals surface area contributed by atoms with Gasteiger partial charge in [-0.3, -0.25) is 4.98 Å². The van der Waals surface area contributed by atoms with Gasteiger partial charge in [0.2, 0.25) is 0 Å². The Morgan fingerprint density at radius 3 is 2.76 bits per heavy atom. The lowest BCUT2D eigenvalue weighted by molar-refractivity contribution is 0.386. The van der Waals surface area contributed by atoms with Crippen LogP contribution in [0.5, 0.6) is 5.75 Å². The maximum Gasteiger partial charge on any atom is 0.165 e. The van der Waals surface area contributed by atoms with E-state index < -0.39 is 5.82 Å². The van der Waals surface area contributed by atoms with E-state index in [0.717, 1.165) is 0 Å². The molecule has 0 radical (unpaired) electrons. The van der Waals surface area contributed by atoms with Gasteiger partial charge >= 0.3 is 0 Å². The van der Waals surface area contributed by atoms with Gasteiger partial charge in [0.05, 0.1) is 25.2 Å². The Morgan fingerprint density at radius 1 is 1.29 bits per heavy atom. The van der Waals surface area contributed by atoms with E-state index in [4.69, 9.17) is 4.74 Å². The minimum absolute atomic E-state index is 0.214. The summed E-state index contributed by atoms with van der Waals surface area (Å²) < 4.78 is 18.4. The SMILES string of the molecule is CNc1cncc(-c2ccc(OC)c(F)c2)n1. The molecule has 17 heavy (non-hydrogen) atoms. The van der Waals surface area contributed by atoms with Crippen molar-refractivity contribution in [1.29, 1.82) is 0 Å². The van der Waals surface area contributed by atoms with Crippen LogP contribution in [-0.4, -0.2) is 24.1 Å². The Hall–Kier alpha value is -2.17. The first-order valence-electron chi connectivity index (χ1n) is 5.08. The van der Waals surface area contributed by atoms with E-state index in [2.05, 4.69) is 15.3 Å². The maximum atomic E-state index is 13.5. The van der Waals surface area contributed by atoms with Crippen molar-refractivity contribution in [2.45, 2.75) is 0 Å². The van der Waals surface area contributed by atoms with Gasteiger partial charge in [-0.25, -0.2) is 9.37 Å². The van der Waals surface area contributed by atoms with Gasteiger partial charge in [0.1, 0.15) is 5.82 Å². The van der Waals surface area contributed by atoms with Crippen LogP contribution in [0, 0.1) is 5.82 Å². The minimum atomic E-state index is -0.415. The topological polar surface area (TPSA) is 47.0 Å². The standard InChI is InChI=1S/C12H12FN3O/c1-14-12-7-15-6-10(16-12)8-3-4-11(17-2)9(13)5-8/h3-7H,1-2H3,(H,14,16). The van der Waals surface area contributed by atoms with Crippen molar-refractivity contribution in [1.82, 2.24) is 9.97 Å². The van der Waals surface area contributed by atoms with Crippen molar-refractivity contribution in [3.8, 4) is 17.0 Å². The molecule has 0 saturated carbocycles. The van der Waals surface area contributed by atoms with Crippen LogP contribution in [0.15, 0.2) is 30.6 Å². The third-order valence-corrected chi connectivity index (χ3v) is 2.34.